The zero-order valence-electron chi connectivity index (χ0n) is 9.16. The molecular weight excluding hydrogens is 226 g/mol. The molecule has 0 radical (unpaired) electrons. The zero-order chi connectivity index (χ0) is 10.9. The van der Waals surface area contributed by atoms with Crippen molar-refractivity contribution < 1.29 is 0 Å². The van der Waals surface area contributed by atoms with Crippen LogP contribution in [0.1, 0.15) is 25.7 Å². The maximum Gasteiger partial charge on any atom is 0.139 e. The largest absolute Gasteiger partial charge is 0.383 e. The van der Waals surface area contributed by atoms with Gasteiger partial charge in [0.15, 0.2) is 0 Å². The van der Waals surface area contributed by atoms with Crippen LogP contribution in [0.25, 0.3) is 0 Å². The number of aromatic nitrogens is 1. The third-order valence-electron chi connectivity index (χ3n) is 2.10. The van der Waals surface area contributed by atoms with Crippen LogP contribution in [-0.4, -0.2) is 22.9 Å². The van der Waals surface area contributed by atoms with Gasteiger partial charge in [-0.15, -0.1) is 0 Å². The van der Waals surface area contributed by atoms with Crippen molar-refractivity contribution in [1.82, 2.24) is 4.37 Å². The van der Waals surface area contributed by atoms with E-state index in [1.165, 1.54) is 43.0 Å². The average Bonchev–Trinajstić information content (AvgIpc) is 2.63. The summed E-state index contributed by atoms with van der Waals surface area (Å²) in [6, 6.07) is 1.89. The first kappa shape index (κ1) is 12.6. The summed E-state index contributed by atoms with van der Waals surface area (Å²) in [5, 5.41) is 4.41. The molecule has 0 bridgehead atoms. The molecule has 15 heavy (non-hydrogen) atoms. The van der Waals surface area contributed by atoms with Crippen LogP contribution in [-0.2, 0) is 0 Å². The highest BCUT2D eigenvalue weighted by molar-refractivity contribution is 7.98. The molecule has 3 N–H and O–H groups in total. The van der Waals surface area contributed by atoms with Crippen molar-refractivity contribution in [3.63, 3.8) is 0 Å². The highest BCUT2D eigenvalue weighted by atomic mass is 32.2. The van der Waals surface area contributed by atoms with E-state index in [4.69, 9.17) is 5.73 Å². The number of unbranched alkanes of at least 4 members (excludes halogenated alkanes) is 3. The third-order valence-corrected chi connectivity index (χ3v) is 3.56. The van der Waals surface area contributed by atoms with Crippen LogP contribution in [0.5, 0.6) is 0 Å². The first-order chi connectivity index (χ1) is 7.33. The fraction of sp³-hybridized carbons (Fsp3) is 0.700. The maximum atomic E-state index is 5.52. The SMILES string of the molecule is CSCCCCCCNc1cc(N)ns1. The van der Waals surface area contributed by atoms with E-state index in [9.17, 15) is 0 Å². The van der Waals surface area contributed by atoms with E-state index in [1.807, 2.05) is 17.8 Å². The average molecular weight is 245 g/mol. The van der Waals surface area contributed by atoms with E-state index >= 15 is 0 Å². The molecule has 0 amide bonds. The molecule has 3 nitrogen and oxygen atoms in total. The van der Waals surface area contributed by atoms with E-state index in [0.29, 0.717) is 5.82 Å². The second-order valence-corrected chi connectivity index (χ2v) is 5.24. The molecule has 0 saturated carbocycles. The number of nitrogen functional groups attached to an aromatic ring is 1. The van der Waals surface area contributed by atoms with E-state index < -0.39 is 0 Å². The summed E-state index contributed by atoms with van der Waals surface area (Å²) in [6.45, 7) is 1.03. The zero-order valence-corrected chi connectivity index (χ0v) is 10.8. The van der Waals surface area contributed by atoms with Crippen molar-refractivity contribution in [2.45, 2.75) is 25.7 Å². The van der Waals surface area contributed by atoms with Gasteiger partial charge in [-0.05, 0) is 36.4 Å². The van der Waals surface area contributed by atoms with Gasteiger partial charge in [0.1, 0.15) is 10.8 Å². The van der Waals surface area contributed by atoms with Crippen molar-refractivity contribution in [2.24, 2.45) is 0 Å². The van der Waals surface area contributed by atoms with Gasteiger partial charge in [0, 0.05) is 12.6 Å². The van der Waals surface area contributed by atoms with Crippen LogP contribution in [0.4, 0.5) is 10.8 Å². The number of thioether (sulfide) groups is 1. The second kappa shape index (κ2) is 7.82. The molecule has 0 atom stereocenters. The van der Waals surface area contributed by atoms with Gasteiger partial charge in [0.2, 0.25) is 0 Å². The summed E-state index contributed by atoms with van der Waals surface area (Å²) in [4.78, 5) is 0. The number of anilines is 2. The summed E-state index contributed by atoms with van der Waals surface area (Å²) in [5.74, 6) is 1.90. The van der Waals surface area contributed by atoms with Crippen LogP contribution in [0.2, 0.25) is 0 Å². The van der Waals surface area contributed by atoms with Gasteiger partial charge in [0.25, 0.3) is 0 Å². The lowest BCUT2D eigenvalue weighted by atomic mass is 10.2. The van der Waals surface area contributed by atoms with Crippen LogP contribution in [0, 0.1) is 0 Å². The highest BCUT2D eigenvalue weighted by Crippen LogP contribution is 2.17. The molecule has 0 spiro atoms. The number of hydrogen-bond donors (Lipinski definition) is 2. The number of rotatable bonds is 8. The monoisotopic (exact) mass is 245 g/mol. The molecule has 1 aromatic heterocycles. The number of nitrogens with two attached hydrogens (primary N) is 1. The Morgan fingerprint density at radius 2 is 2.20 bits per heavy atom. The fourth-order valence-corrected chi connectivity index (χ4v) is 2.40. The minimum Gasteiger partial charge on any atom is -0.383 e. The summed E-state index contributed by atoms with van der Waals surface area (Å²) >= 11 is 3.36. The molecule has 86 valence electrons. The Balaban J connectivity index is 1.93. The van der Waals surface area contributed by atoms with Crippen LogP contribution in [0.3, 0.4) is 0 Å². The Labute approximate surface area is 100.0 Å². The Bertz CT molecular complexity index is 263. The fourth-order valence-electron chi connectivity index (χ4n) is 1.31. The first-order valence-electron chi connectivity index (χ1n) is 5.28. The number of hydrogen-bond acceptors (Lipinski definition) is 5. The minimum absolute atomic E-state index is 0.613. The van der Waals surface area contributed by atoms with Crippen molar-refractivity contribution in [2.75, 3.05) is 29.6 Å². The van der Waals surface area contributed by atoms with Gasteiger partial charge < -0.3 is 11.1 Å². The third kappa shape index (κ3) is 5.89. The first-order valence-corrected chi connectivity index (χ1v) is 7.44. The Kier molecular flexibility index (Phi) is 6.59. The molecule has 0 aliphatic rings. The lowest BCUT2D eigenvalue weighted by Crippen LogP contribution is -1.99. The standard InChI is InChI=1S/C10H19N3S2/c1-14-7-5-3-2-4-6-12-10-8-9(11)13-15-10/h8,12H,2-7H2,1H3,(H2,11,13). The molecule has 5 heteroatoms. The Morgan fingerprint density at radius 1 is 1.40 bits per heavy atom. The van der Waals surface area contributed by atoms with Crippen molar-refractivity contribution in [3.05, 3.63) is 6.07 Å². The van der Waals surface area contributed by atoms with Gasteiger partial charge >= 0.3 is 0 Å². The van der Waals surface area contributed by atoms with Crippen LogP contribution < -0.4 is 11.1 Å². The molecular formula is C10H19N3S2. The minimum atomic E-state index is 0.613. The quantitative estimate of drug-likeness (QED) is 0.691. The highest BCUT2D eigenvalue weighted by Gasteiger charge is 1.96. The van der Waals surface area contributed by atoms with Gasteiger partial charge in [-0.25, -0.2) is 0 Å². The van der Waals surface area contributed by atoms with Crippen molar-refractivity contribution in [3.8, 4) is 0 Å². The molecule has 0 saturated heterocycles. The van der Waals surface area contributed by atoms with Gasteiger partial charge in [-0.2, -0.15) is 16.1 Å². The molecule has 1 aromatic rings. The van der Waals surface area contributed by atoms with Gasteiger partial charge in [-0.3, -0.25) is 0 Å². The lowest BCUT2D eigenvalue weighted by molar-refractivity contribution is 0.689. The van der Waals surface area contributed by atoms with Crippen molar-refractivity contribution >= 4 is 34.1 Å². The van der Waals surface area contributed by atoms with Crippen LogP contribution in [0.15, 0.2) is 6.07 Å². The predicted octanol–water partition coefficient (Wildman–Crippen LogP) is 3.06. The molecule has 0 fully saturated rings. The second-order valence-electron chi connectivity index (χ2n) is 3.45. The van der Waals surface area contributed by atoms with E-state index in [2.05, 4.69) is 15.9 Å². The van der Waals surface area contributed by atoms with E-state index in [1.54, 1.807) is 0 Å². The number of nitrogens with one attached hydrogen (secondary N) is 1. The van der Waals surface area contributed by atoms with Crippen LogP contribution >= 0.6 is 23.3 Å². The predicted molar refractivity (Wildman–Crippen MR) is 71.9 cm³/mol. The smallest absolute Gasteiger partial charge is 0.139 e. The molecule has 0 aromatic carbocycles. The lowest BCUT2D eigenvalue weighted by Gasteiger charge is -2.02. The van der Waals surface area contributed by atoms with Crippen molar-refractivity contribution in [1.29, 1.82) is 0 Å². The topological polar surface area (TPSA) is 50.9 Å². The molecule has 0 unspecified atom stereocenters. The van der Waals surface area contributed by atoms with E-state index in [-0.39, 0.29) is 0 Å². The summed E-state index contributed by atoms with van der Waals surface area (Å²) in [6.07, 6.45) is 7.38. The number of nitrogens with zero attached hydrogens (tertiary/aromatic N) is 1. The van der Waals surface area contributed by atoms with Gasteiger partial charge in [0.05, 0.1) is 0 Å². The maximum absolute atomic E-state index is 5.52. The summed E-state index contributed by atoms with van der Waals surface area (Å²) < 4.78 is 4.01. The molecule has 0 aliphatic carbocycles. The normalized spacial score (nSPS) is 10.5. The van der Waals surface area contributed by atoms with Gasteiger partial charge in [-0.1, -0.05) is 12.8 Å². The Hall–Kier alpha value is -0.420. The summed E-state index contributed by atoms with van der Waals surface area (Å²) in [7, 11) is 0. The summed E-state index contributed by atoms with van der Waals surface area (Å²) in [5.41, 5.74) is 5.52. The molecule has 1 rings (SSSR count). The van der Waals surface area contributed by atoms with E-state index in [0.717, 1.165) is 11.5 Å². The Morgan fingerprint density at radius 3 is 2.87 bits per heavy atom. The molecule has 1 heterocycles. The molecule has 0 aliphatic heterocycles.